The van der Waals surface area contributed by atoms with Gasteiger partial charge in [0, 0.05) is 23.4 Å². The SMILES string of the molecule is Cc1cnc(CC2COCC2O)s1. The fourth-order valence-corrected chi connectivity index (χ4v) is 2.38. The van der Waals surface area contributed by atoms with Gasteiger partial charge in [-0.1, -0.05) is 0 Å². The van der Waals surface area contributed by atoms with E-state index in [0.717, 1.165) is 11.4 Å². The maximum atomic E-state index is 9.51. The minimum absolute atomic E-state index is 0.241. The summed E-state index contributed by atoms with van der Waals surface area (Å²) in [6.45, 7) is 3.19. The first-order valence-corrected chi connectivity index (χ1v) is 5.24. The summed E-state index contributed by atoms with van der Waals surface area (Å²) < 4.78 is 5.18. The number of hydrogen-bond donors (Lipinski definition) is 1. The van der Waals surface area contributed by atoms with Crippen LogP contribution in [0.25, 0.3) is 0 Å². The van der Waals surface area contributed by atoms with Crippen LogP contribution in [0, 0.1) is 12.8 Å². The molecule has 13 heavy (non-hydrogen) atoms. The van der Waals surface area contributed by atoms with Crippen LogP contribution in [-0.4, -0.2) is 29.4 Å². The van der Waals surface area contributed by atoms with Crippen molar-refractivity contribution in [2.45, 2.75) is 19.4 Å². The topological polar surface area (TPSA) is 42.4 Å². The van der Waals surface area contributed by atoms with E-state index < -0.39 is 0 Å². The Labute approximate surface area is 81.4 Å². The first-order chi connectivity index (χ1) is 6.25. The smallest absolute Gasteiger partial charge is 0.0932 e. The predicted octanol–water partition coefficient (Wildman–Crippen LogP) is 1.00. The van der Waals surface area contributed by atoms with E-state index in [0.29, 0.717) is 13.2 Å². The molecule has 4 heteroatoms. The first-order valence-electron chi connectivity index (χ1n) is 4.43. The van der Waals surface area contributed by atoms with Gasteiger partial charge in [-0.05, 0) is 6.92 Å². The number of aliphatic hydroxyl groups is 1. The first kappa shape index (κ1) is 9.12. The molecule has 1 N–H and O–H groups in total. The number of thiazole rings is 1. The fraction of sp³-hybridized carbons (Fsp3) is 0.667. The summed E-state index contributed by atoms with van der Waals surface area (Å²) in [6.07, 6.45) is 2.42. The van der Waals surface area contributed by atoms with Gasteiger partial charge in [-0.25, -0.2) is 4.98 Å². The normalized spacial score (nSPS) is 28.2. The Balaban J connectivity index is 1.97. The average Bonchev–Trinajstić information content (AvgIpc) is 2.64. The highest BCUT2D eigenvalue weighted by Gasteiger charge is 2.26. The number of nitrogens with zero attached hydrogens (tertiary/aromatic N) is 1. The third-order valence-electron chi connectivity index (χ3n) is 2.27. The maximum absolute atomic E-state index is 9.51. The highest BCUT2D eigenvalue weighted by atomic mass is 32.1. The van der Waals surface area contributed by atoms with Crippen LogP contribution in [0.1, 0.15) is 9.88 Å². The fourth-order valence-electron chi connectivity index (χ4n) is 1.50. The molecule has 2 rings (SSSR count). The van der Waals surface area contributed by atoms with Crippen molar-refractivity contribution in [3.63, 3.8) is 0 Å². The van der Waals surface area contributed by atoms with Gasteiger partial charge < -0.3 is 9.84 Å². The van der Waals surface area contributed by atoms with E-state index in [1.807, 2.05) is 13.1 Å². The van der Waals surface area contributed by atoms with Gasteiger partial charge in [0.15, 0.2) is 0 Å². The third-order valence-corrected chi connectivity index (χ3v) is 3.21. The minimum Gasteiger partial charge on any atom is -0.390 e. The number of aromatic nitrogens is 1. The van der Waals surface area contributed by atoms with Crippen LogP contribution in [0.5, 0.6) is 0 Å². The predicted molar refractivity (Wildman–Crippen MR) is 50.9 cm³/mol. The van der Waals surface area contributed by atoms with Crippen LogP contribution >= 0.6 is 11.3 Å². The van der Waals surface area contributed by atoms with Gasteiger partial charge in [0.25, 0.3) is 0 Å². The molecular formula is C9H13NO2S. The summed E-state index contributed by atoms with van der Waals surface area (Å²) in [5, 5.41) is 10.6. The third kappa shape index (κ3) is 2.07. The largest absolute Gasteiger partial charge is 0.390 e. The Kier molecular flexibility index (Phi) is 2.62. The van der Waals surface area contributed by atoms with Crippen molar-refractivity contribution >= 4 is 11.3 Å². The summed E-state index contributed by atoms with van der Waals surface area (Å²) in [7, 11) is 0. The molecule has 2 unspecified atom stereocenters. The molecule has 0 aromatic carbocycles. The molecule has 0 radical (unpaired) electrons. The molecular weight excluding hydrogens is 186 g/mol. The van der Waals surface area contributed by atoms with E-state index in [2.05, 4.69) is 4.98 Å². The molecule has 1 aromatic heterocycles. The molecule has 1 aliphatic heterocycles. The standard InChI is InChI=1S/C9H13NO2S/c1-6-3-10-9(13-6)2-7-4-12-5-8(7)11/h3,7-8,11H,2,4-5H2,1H3. The Hall–Kier alpha value is -0.450. The van der Waals surface area contributed by atoms with E-state index in [1.165, 1.54) is 4.88 Å². The zero-order valence-corrected chi connectivity index (χ0v) is 8.38. The lowest BCUT2D eigenvalue weighted by Crippen LogP contribution is -2.19. The van der Waals surface area contributed by atoms with E-state index in [-0.39, 0.29) is 12.0 Å². The lowest BCUT2D eigenvalue weighted by Gasteiger charge is -2.08. The molecule has 72 valence electrons. The second-order valence-corrected chi connectivity index (χ2v) is 4.75. The molecule has 0 bridgehead atoms. The zero-order chi connectivity index (χ0) is 9.26. The Morgan fingerprint density at radius 1 is 1.69 bits per heavy atom. The van der Waals surface area contributed by atoms with Gasteiger partial charge in [0.05, 0.1) is 24.3 Å². The van der Waals surface area contributed by atoms with Gasteiger partial charge in [0.1, 0.15) is 0 Å². The molecule has 0 spiro atoms. The monoisotopic (exact) mass is 199 g/mol. The number of aryl methyl sites for hydroxylation is 1. The molecule has 3 nitrogen and oxygen atoms in total. The van der Waals surface area contributed by atoms with E-state index in [9.17, 15) is 5.11 Å². The van der Waals surface area contributed by atoms with Crippen LogP contribution in [0.3, 0.4) is 0 Å². The lowest BCUT2D eigenvalue weighted by atomic mass is 10.0. The summed E-state index contributed by atoms with van der Waals surface area (Å²) in [5.41, 5.74) is 0. The number of ether oxygens (including phenoxy) is 1. The van der Waals surface area contributed by atoms with Crippen LogP contribution in [-0.2, 0) is 11.2 Å². The lowest BCUT2D eigenvalue weighted by molar-refractivity contribution is 0.118. The molecule has 1 fully saturated rings. The Morgan fingerprint density at radius 3 is 3.08 bits per heavy atom. The summed E-state index contributed by atoms with van der Waals surface area (Å²) in [6, 6.07) is 0. The molecule has 0 amide bonds. The summed E-state index contributed by atoms with van der Waals surface area (Å²) in [5.74, 6) is 0.241. The number of rotatable bonds is 2. The van der Waals surface area contributed by atoms with Crippen molar-refractivity contribution in [1.29, 1.82) is 0 Å². The Morgan fingerprint density at radius 2 is 2.54 bits per heavy atom. The van der Waals surface area contributed by atoms with Crippen molar-refractivity contribution in [2.24, 2.45) is 5.92 Å². The number of hydrogen-bond acceptors (Lipinski definition) is 4. The van der Waals surface area contributed by atoms with Gasteiger partial charge in [-0.2, -0.15) is 0 Å². The van der Waals surface area contributed by atoms with Gasteiger partial charge in [-0.15, -0.1) is 11.3 Å². The van der Waals surface area contributed by atoms with Gasteiger partial charge >= 0.3 is 0 Å². The van der Waals surface area contributed by atoms with E-state index in [1.54, 1.807) is 11.3 Å². The van der Waals surface area contributed by atoms with Crippen molar-refractivity contribution < 1.29 is 9.84 Å². The van der Waals surface area contributed by atoms with Crippen molar-refractivity contribution in [3.8, 4) is 0 Å². The average molecular weight is 199 g/mol. The van der Waals surface area contributed by atoms with Crippen LogP contribution < -0.4 is 0 Å². The van der Waals surface area contributed by atoms with Crippen molar-refractivity contribution in [2.75, 3.05) is 13.2 Å². The summed E-state index contributed by atoms with van der Waals surface area (Å²) in [4.78, 5) is 5.49. The highest BCUT2D eigenvalue weighted by Crippen LogP contribution is 2.21. The highest BCUT2D eigenvalue weighted by molar-refractivity contribution is 7.11. The molecule has 1 aromatic rings. The maximum Gasteiger partial charge on any atom is 0.0932 e. The van der Waals surface area contributed by atoms with Crippen molar-refractivity contribution in [3.05, 3.63) is 16.1 Å². The van der Waals surface area contributed by atoms with Gasteiger partial charge in [0.2, 0.25) is 0 Å². The molecule has 0 aliphatic carbocycles. The molecule has 0 saturated carbocycles. The molecule has 1 aliphatic rings. The van der Waals surface area contributed by atoms with E-state index in [4.69, 9.17) is 4.74 Å². The Bertz CT molecular complexity index is 287. The quantitative estimate of drug-likeness (QED) is 0.772. The second kappa shape index (κ2) is 3.74. The second-order valence-electron chi connectivity index (χ2n) is 3.43. The van der Waals surface area contributed by atoms with Crippen LogP contribution in [0.2, 0.25) is 0 Å². The summed E-state index contributed by atoms with van der Waals surface area (Å²) >= 11 is 1.70. The van der Waals surface area contributed by atoms with Crippen LogP contribution in [0.15, 0.2) is 6.20 Å². The van der Waals surface area contributed by atoms with Gasteiger partial charge in [-0.3, -0.25) is 0 Å². The van der Waals surface area contributed by atoms with Crippen LogP contribution in [0.4, 0.5) is 0 Å². The molecule has 2 heterocycles. The van der Waals surface area contributed by atoms with Crippen molar-refractivity contribution in [1.82, 2.24) is 4.98 Å². The molecule has 1 saturated heterocycles. The zero-order valence-electron chi connectivity index (χ0n) is 7.56. The minimum atomic E-state index is -0.302. The number of aliphatic hydroxyl groups excluding tert-OH is 1. The van der Waals surface area contributed by atoms with E-state index >= 15 is 0 Å². The molecule has 2 atom stereocenters.